The third-order valence-corrected chi connectivity index (χ3v) is 9.52. The number of imidazole rings is 1. The van der Waals surface area contributed by atoms with Crippen LogP contribution in [0.3, 0.4) is 0 Å². The molecule has 1 rings (SSSR count). The zero-order chi connectivity index (χ0) is 49.4. The summed E-state index contributed by atoms with van der Waals surface area (Å²) >= 11 is 0. The Bertz CT molecular complexity index is 1770. The Balaban J connectivity index is 3.18. The standard InChI is InChI=1S/C39H70N18O9/c1-23(53-32(61)20-50-31(60)19-51-34(63)27(41)10-3-5-13-40)33(62)55-28(11-4-6-14-47-24(2)59)35(64)56-29(12-8-16-49-39(44)45)36(65)57-30(17-26-18-46-22-52-26)37(66)54-25(21-58)9-7-15-48-38(42)43/h18,21-23,25,27-30H,3-17,19-20,40-41H2,1-2H3,(H,46,52)(H,47,59)(H,50,60)(H,51,63)(H,53,61)(H,54,66)(H,55,62)(H,56,64)(H,57,65)(H4,42,43,48)(H4,44,45,49)/t23-,25-,27-,28-,29-,30-/m0/s1. The van der Waals surface area contributed by atoms with Crippen LogP contribution in [0, 0.1) is 0 Å². The number of carbonyl (C=O) groups is 9. The van der Waals surface area contributed by atoms with Crippen molar-refractivity contribution < 1.29 is 43.2 Å². The van der Waals surface area contributed by atoms with Crippen LogP contribution in [0.2, 0.25) is 0 Å². The van der Waals surface area contributed by atoms with Crippen LogP contribution in [0.5, 0.6) is 0 Å². The molecule has 6 atom stereocenters. The molecule has 1 aromatic rings. The summed E-state index contributed by atoms with van der Waals surface area (Å²) in [5.41, 5.74) is 33.4. The lowest BCUT2D eigenvalue weighted by molar-refractivity contribution is -0.135. The van der Waals surface area contributed by atoms with Crippen molar-refractivity contribution in [2.45, 2.75) is 121 Å². The number of aromatic amines is 1. The number of guanidine groups is 2. The number of carbonyl (C=O) groups excluding carboxylic acids is 9. The van der Waals surface area contributed by atoms with Gasteiger partial charge in [0.15, 0.2) is 11.9 Å². The normalized spacial score (nSPS) is 13.4. The Morgan fingerprint density at radius 2 is 1.23 bits per heavy atom. The molecule has 0 aliphatic heterocycles. The molecule has 1 aromatic heterocycles. The van der Waals surface area contributed by atoms with Crippen molar-refractivity contribution in [2.24, 2.45) is 44.4 Å². The third kappa shape index (κ3) is 26.0. The molecule has 0 spiro atoms. The molecule has 0 aliphatic rings. The second-order valence-corrected chi connectivity index (χ2v) is 15.3. The molecule has 1 heterocycles. The van der Waals surface area contributed by atoms with E-state index in [1.165, 1.54) is 26.4 Å². The summed E-state index contributed by atoms with van der Waals surface area (Å²) in [6.07, 6.45) is 6.42. The largest absolute Gasteiger partial charge is 0.370 e. The van der Waals surface area contributed by atoms with Gasteiger partial charge in [0.25, 0.3) is 0 Å². The van der Waals surface area contributed by atoms with E-state index in [4.69, 9.17) is 34.4 Å². The van der Waals surface area contributed by atoms with Gasteiger partial charge in [-0.2, -0.15) is 0 Å². The van der Waals surface area contributed by atoms with Crippen LogP contribution in [-0.2, 0) is 49.6 Å². The molecule has 0 saturated heterocycles. The molecule has 0 aliphatic carbocycles. The van der Waals surface area contributed by atoms with Crippen LogP contribution >= 0.6 is 0 Å². The SMILES string of the molecule is CC(=O)NCCCC[C@H](NC(=O)[C@H](C)NC(=O)CNC(=O)CNC(=O)[C@@H](N)CCCCN)C(=O)N[C@@H](CCCN=C(N)N)C(=O)N[C@@H](Cc1cnc[nH]1)C(=O)N[C@H](C=O)CCCN=C(N)N. The van der Waals surface area contributed by atoms with Gasteiger partial charge in [-0.05, 0) is 71.3 Å². The van der Waals surface area contributed by atoms with E-state index in [2.05, 4.69) is 62.5 Å². The summed E-state index contributed by atoms with van der Waals surface area (Å²) in [5, 5.41) is 20.3. The quantitative estimate of drug-likeness (QED) is 0.0132. The van der Waals surface area contributed by atoms with Crippen LogP contribution in [0.4, 0.5) is 0 Å². The van der Waals surface area contributed by atoms with Gasteiger partial charge in [0.2, 0.25) is 47.3 Å². The van der Waals surface area contributed by atoms with Gasteiger partial charge in [0, 0.05) is 44.9 Å². The van der Waals surface area contributed by atoms with Crippen LogP contribution in [0.15, 0.2) is 22.5 Å². The molecule has 8 amide bonds. The van der Waals surface area contributed by atoms with Gasteiger partial charge in [-0.25, -0.2) is 4.98 Å². The highest BCUT2D eigenvalue weighted by Gasteiger charge is 2.31. The molecule has 0 aromatic carbocycles. The van der Waals surface area contributed by atoms with E-state index < -0.39 is 90.7 Å². The minimum absolute atomic E-state index is 0.0275. The molecule has 370 valence electrons. The van der Waals surface area contributed by atoms with Crippen molar-refractivity contribution in [3.8, 4) is 0 Å². The van der Waals surface area contributed by atoms with E-state index in [1.54, 1.807) is 0 Å². The Hall–Kier alpha value is -6.90. The molecule has 0 unspecified atom stereocenters. The minimum Gasteiger partial charge on any atom is -0.370 e. The lowest BCUT2D eigenvalue weighted by Gasteiger charge is -2.26. The fourth-order valence-electron chi connectivity index (χ4n) is 5.96. The summed E-state index contributed by atoms with van der Waals surface area (Å²) < 4.78 is 0. The van der Waals surface area contributed by atoms with E-state index in [0.29, 0.717) is 57.0 Å². The number of nitrogens with zero attached hydrogens (tertiary/aromatic N) is 3. The van der Waals surface area contributed by atoms with E-state index in [1.807, 2.05) is 0 Å². The van der Waals surface area contributed by atoms with Gasteiger partial charge in [-0.15, -0.1) is 0 Å². The number of H-pyrrole nitrogens is 1. The molecule has 27 heteroatoms. The van der Waals surface area contributed by atoms with Gasteiger partial charge < -0.3 is 86.7 Å². The number of unbranched alkanes of at least 4 members (excludes halogenated alkanes) is 2. The molecule has 0 radical (unpaired) electrons. The van der Waals surface area contributed by atoms with Crippen molar-refractivity contribution in [3.63, 3.8) is 0 Å². The summed E-state index contributed by atoms with van der Waals surface area (Å²) in [6.45, 7) is 2.71. The number of hydrogen-bond acceptors (Lipinski definition) is 14. The molecule has 21 N–H and O–H groups in total. The van der Waals surface area contributed by atoms with Crippen LogP contribution in [0.1, 0.15) is 83.7 Å². The van der Waals surface area contributed by atoms with Gasteiger partial charge in [0.1, 0.15) is 30.5 Å². The monoisotopic (exact) mass is 935 g/mol. The van der Waals surface area contributed by atoms with Gasteiger partial charge in [0.05, 0.1) is 31.5 Å². The highest BCUT2D eigenvalue weighted by Crippen LogP contribution is 2.08. The van der Waals surface area contributed by atoms with Gasteiger partial charge >= 0.3 is 0 Å². The molecular weight excluding hydrogens is 865 g/mol. The lowest BCUT2D eigenvalue weighted by Crippen LogP contribution is -2.59. The number of rotatable bonds is 34. The van der Waals surface area contributed by atoms with Gasteiger partial charge in [-0.3, -0.25) is 48.3 Å². The average molecular weight is 935 g/mol. The zero-order valence-electron chi connectivity index (χ0n) is 37.7. The number of nitrogens with one attached hydrogen (secondary N) is 9. The predicted molar refractivity (Wildman–Crippen MR) is 243 cm³/mol. The number of nitrogens with two attached hydrogens (primary N) is 6. The zero-order valence-corrected chi connectivity index (χ0v) is 37.7. The van der Waals surface area contributed by atoms with Crippen LogP contribution < -0.4 is 76.9 Å². The smallest absolute Gasteiger partial charge is 0.243 e. The van der Waals surface area contributed by atoms with Crippen molar-refractivity contribution in [1.82, 2.24) is 52.5 Å². The Labute approximate surface area is 383 Å². The summed E-state index contributed by atoms with van der Waals surface area (Å²) in [7, 11) is 0. The average Bonchev–Trinajstić information content (AvgIpc) is 3.78. The number of hydrogen-bond donors (Lipinski definition) is 15. The molecule has 0 bridgehead atoms. The maximum absolute atomic E-state index is 14.0. The first-order valence-electron chi connectivity index (χ1n) is 21.6. The first kappa shape index (κ1) is 57.1. The summed E-state index contributed by atoms with van der Waals surface area (Å²) in [5.74, 6) is -5.70. The van der Waals surface area contributed by atoms with E-state index in [9.17, 15) is 43.2 Å². The lowest BCUT2D eigenvalue weighted by atomic mass is 10.0. The second kappa shape index (κ2) is 32.7. The summed E-state index contributed by atoms with van der Waals surface area (Å²) in [4.78, 5) is 130. The molecule has 0 fully saturated rings. The maximum Gasteiger partial charge on any atom is 0.243 e. The summed E-state index contributed by atoms with van der Waals surface area (Å²) in [6, 6.07) is -6.88. The highest BCUT2D eigenvalue weighted by molar-refractivity contribution is 5.96. The molecular formula is C39H70N18O9. The molecule has 0 saturated carbocycles. The number of aldehydes is 1. The minimum atomic E-state index is -1.32. The van der Waals surface area contributed by atoms with E-state index in [-0.39, 0.29) is 69.6 Å². The number of aliphatic imine (C=N–C) groups is 2. The van der Waals surface area contributed by atoms with Crippen molar-refractivity contribution in [2.75, 3.05) is 39.3 Å². The predicted octanol–water partition coefficient (Wildman–Crippen LogP) is -6.30. The van der Waals surface area contributed by atoms with Crippen molar-refractivity contribution >= 4 is 65.5 Å². The number of aromatic nitrogens is 2. The Kier molecular flexibility index (Phi) is 28.3. The third-order valence-electron chi connectivity index (χ3n) is 9.52. The fourth-order valence-corrected chi connectivity index (χ4v) is 5.96. The van der Waals surface area contributed by atoms with E-state index in [0.717, 1.165) is 0 Å². The van der Waals surface area contributed by atoms with Gasteiger partial charge in [-0.1, -0.05) is 6.42 Å². The second-order valence-electron chi connectivity index (χ2n) is 15.3. The topological polar surface area (TPSA) is 459 Å². The Morgan fingerprint density at radius 1 is 0.667 bits per heavy atom. The van der Waals surface area contributed by atoms with E-state index >= 15 is 0 Å². The maximum atomic E-state index is 14.0. The highest BCUT2D eigenvalue weighted by atomic mass is 16.2. The molecule has 66 heavy (non-hydrogen) atoms. The van der Waals surface area contributed by atoms with Crippen LogP contribution in [-0.4, -0.2) is 151 Å². The Morgan fingerprint density at radius 3 is 1.80 bits per heavy atom. The molecule has 27 nitrogen and oxygen atoms in total. The fraction of sp³-hybridized carbons (Fsp3) is 0.641. The first-order valence-corrected chi connectivity index (χ1v) is 21.6. The first-order chi connectivity index (χ1) is 31.4. The number of amides is 8. The van der Waals surface area contributed by atoms with Crippen molar-refractivity contribution in [3.05, 3.63) is 18.2 Å². The van der Waals surface area contributed by atoms with Crippen molar-refractivity contribution in [1.29, 1.82) is 0 Å². The van der Waals surface area contributed by atoms with Crippen LogP contribution in [0.25, 0.3) is 0 Å².